The van der Waals surface area contributed by atoms with Gasteiger partial charge in [0.15, 0.2) is 0 Å². The third-order valence-electron chi connectivity index (χ3n) is 0.852. The molecule has 0 bridgehead atoms. The lowest BCUT2D eigenvalue weighted by molar-refractivity contribution is 0.192. The van der Waals surface area contributed by atoms with Crippen molar-refractivity contribution in [3.63, 3.8) is 0 Å². The van der Waals surface area contributed by atoms with Crippen LogP contribution in [0, 0.1) is 0 Å². The molecule has 66 valence electrons. The van der Waals surface area contributed by atoms with Crippen LogP contribution in [0.1, 0.15) is 6.92 Å². The lowest BCUT2D eigenvalue weighted by Crippen LogP contribution is -2.38. The van der Waals surface area contributed by atoms with E-state index in [0.717, 1.165) is 0 Å². The molecule has 0 aromatic carbocycles. The Hall–Kier alpha value is -0.820. The fourth-order valence-corrected chi connectivity index (χ4v) is 1.38. The number of amides is 1. The van der Waals surface area contributed by atoms with Crippen LogP contribution in [0.4, 0.5) is 4.79 Å². The van der Waals surface area contributed by atoms with Gasteiger partial charge in [-0.2, -0.15) is 0 Å². The monoisotopic (exact) mass is 182 g/mol. The second-order valence-corrected chi connectivity index (χ2v) is 3.84. The predicted molar refractivity (Wildman–Crippen MR) is 38.6 cm³/mol. The summed E-state index contributed by atoms with van der Waals surface area (Å²) in [5.74, 6) is -0.390. The summed E-state index contributed by atoms with van der Waals surface area (Å²) in [6.45, 7) is 1.42. The lowest BCUT2D eigenvalue weighted by atomic mass is 10.4. The highest BCUT2D eigenvalue weighted by Gasteiger charge is 2.11. The van der Waals surface area contributed by atoms with Gasteiger partial charge in [0.1, 0.15) is 0 Å². The number of nitrogens with two attached hydrogens (primary N) is 1. The summed E-state index contributed by atoms with van der Waals surface area (Å²) in [7, 11) is -3.59. The molecule has 0 rings (SSSR count). The van der Waals surface area contributed by atoms with E-state index in [9.17, 15) is 13.2 Å². The van der Waals surface area contributed by atoms with Crippen molar-refractivity contribution in [2.45, 2.75) is 13.0 Å². The van der Waals surface area contributed by atoms with Crippen molar-refractivity contribution in [2.24, 2.45) is 5.14 Å². The number of hydrogen-bond donors (Lipinski definition) is 3. The van der Waals surface area contributed by atoms with Crippen molar-refractivity contribution in [2.75, 3.05) is 5.75 Å². The van der Waals surface area contributed by atoms with Crippen LogP contribution < -0.4 is 10.5 Å². The van der Waals surface area contributed by atoms with E-state index in [1.807, 2.05) is 5.32 Å². The highest BCUT2D eigenvalue weighted by Crippen LogP contribution is 1.86. The van der Waals surface area contributed by atoms with E-state index in [0.29, 0.717) is 0 Å². The molecule has 1 unspecified atom stereocenters. The molecule has 6 nitrogen and oxygen atoms in total. The van der Waals surface area contributed by atoms with Gasteiger partial charge in [-0.1, -0.05) is 0 Å². The Labute approximate surface area is 64.4 Å². The molecule has 0 aliphatic carbocycles. The molecule has 0 aromatic heterocycles. The number of hydrogen-bond acceptors (Lipinski definition) is 3. The second-order valence-electron chi connectivity index (χ2n) is 2.18. The van der Waals surface area contributed by atoms with Crippen LogP contribution in [0.5, 0.6) is 0 Å². The number of rotatable bonds is 3. The first-order chi connectivity index (χ1) is 4.81. The predicted octanol–water partition coefficient (Wildman–Crippen LogP) is -1.07. The molecule has 0 aliphatic heterocycles. The van der Waals surface area contributed by atoms with Crippen molar-refractivity contribution in [1.82, 2.24) is 5.32 Å². The van der Waals surface area contributed by atoms with Crippen LogP contribution in [0.25, 0.3) is 0 Å². The lowest BCUT2D eigenvalue weighted by Gasteiger charge is -2.08. The van der Waals surface area contributed by atoms with Crippen molar-refractivity contribution < 1.29 is 18.3 Å². The van der Waals surface area contributed by atoms with Crippen molar-refractivity contribution >= 4 is 16.1 Å². The Morgan fingerprint density at radius 3 is 2.45 bits per heavy atom. The summed E-state index contributed by atoms with van der Waals surface area (Å²) >= 11 is 0. The van der Waals surface area contributed by atoms with Gasteiger partial charge in [0.05, 0.1) is 5.75 Å². The standard InChI is InChI=1S/C4H10N2O4S/c1-3(6-4(7)8)2-11(5,9)10/h3,6H,2H2,1H3,(H,7,8)(H2,5,9,10). The van der Waals surface area contributed by atoms with E-state index < -0.39 is 22.2 Å². The van der Waals surface area contributed by atoms with E-state index >= 15 is 0 Å². The zero-order valence-corrected chi connectivity index (χ0v) is 6.76. The van der Waals surface area contributed by atoms with Gasteiger partial charge >= 0.3 is 6.09 Å². The molecule has 0 radical (unpaired) electrons. The Kier molecular flexibility index (Phi) is 3.27. The molecule has 0 saturated carbocycles. The zero-order valence-electron chi connectivity index (χ0n) is 5.94. The molecule has 0 saturated heterocycles. The summed E-state index contributed by atoms with van der Waals surface area (Å²) in [4.78, 5) is 9.95. The minimum atomic E-state index is -3.59. The maximum atomic E-state index is 10.4. The molecular formula is C4H10N2O4S. The van der Waals surface area contributed by atoms with Crippen LogP contribution in [-0.2, 0) is 10.0 Å². The van der Waals surface area contributed by atoms with E-state index in [4.69, 9.17) is 5.11 Å². The second kappa shape index (κ2) is 3.54. The van der Waals surface area contributed by atoms with Gasteiger partial charge in [-0.3, -0.25) is 0 Å². The van der Waals surface area contributed by atoms with Gasteiger partial charge in [-0.25, -0.2) is 18.4 Å². The first-order valence-electron chi connectivity index (χ1n) is 2.81. The maximum Gasteiger partial charge on any atom is 0.404 e. The molecule has 0 spiro atoms. The van der Waals surface area contributed by atoms with E-state index in [-0.39, 0.29) is 5.75 Å². The quantitative estimate of drug-likeness (QED) is 0.516. The summed E-state index contributed by atoms with van der Waals surface area (Å²) in [6, 6.07) is -0.678. The summed E-state index contributed by atoms with van der Waals surface area (Å²) in [5, 5.41) is 14.7. The van der Waals surface area contributed by atoms with Crippen LogP contribution >= 0.6 is 0 Å². The molecule has 7 heteroatoms. The van der Waals surface area contributed by atoms with E-state index in [1.54, 1.807) is 0 Å². The maximum absolute atomic E-state index is 10.4. The van der Waals surface area contributed by atoms with E-state index in [2.05, 4.69) is 5.14 Å². The third-order valence-corrected chi connectivity index (χ3v) is 1.82. The molecule has 4 N–H and O–H groups in total. The molecule has 0 fully saturated rings. The Bertz CT molecular complexity index is 234. The van der Waals surface area contributed by atoms with Gasteiger partial charge in [0.25, 0.3) is 0 Å². The SMILES string of the molecule is CC(CS(N)(=O)=O)NC(=O)O. The molecule has 0 aromatic rings. The average molecular weight is 182 g/mol. The van der Waals surface area contributed by atoms with Crippen molar-refractivity contribution in [3.8, 4) is 0 Å². The molecule has 0 aliphatic rings. The van der Waals surface area contributed by atoms with Gasteiger partial charge in [-0.05, 0) is 6.92 Å². The van der Waals surface area contributed by atoms with Crippen LogP contribution in [0.15, 0.2) is 0 Å². The van der Waals surface area contributed by atoms with Gasteiger partial charge in [-0.15, -0.1) is 0 Å². The van der Waals surface area contributed by atoms with Gasteiger partial charge < -0.3 is 10.4 Å². The minimum absolute atomic E-state index is 0.390. The molecular weight excluding hydrogens is 172 g/mol. The average Bonchev–Trinajstić information content (AvgIpc) is 1.53. The van der Waals surface area contributed by atoms with Crippen molar-refractivity contribution in [1.29, 1.82) is 0 Å². The highest BCUT2D eigenvalue weighted by atomic mass is 32.2. The minimum Gasteiger partial charge on any atom is -0.465 e. The normalized spacial score (nSPS) is 14.0. The highest BCUT2D eigenvalue weighted by molar-refractivity contribution is 7.89. The van der Waals surface area contributed by atoms with Gasteiger partial charge in [0.2, 0.25) is 10.0 Å². The number of nitrogens with one attached hydrogen (secondary N) is 1. The number of carboxylic acid groups (broad SMARTS) is 1. The summed E-state index contributed by atoms with van der Waals surface area (Å²) < 4.78 is 20.7. The fraction of sp³-hybridized carbons (Fsp3) is 0.750. The van der Waals surface area contributed by atoms with Crippen LogP contribution in [-0.4, -0.2) is 31.4 Å². The summed E-state index contributed by atoms with van der Waals surface area (Å²) in [5.41, 5.74) is 0. The third kappa shape index (κ3) is 7.07. The smallest absolute Gasteiger partial charge is 0.404 e. The molecule has 0 heterocycles. The molecule has 1 atom stereocenters. The van der Waals surface area contributed by atoms with Crippen LogP contribution in [0.3, 0.4) is 0 Å². The molecule has 11 heavy (non-hydrogen) atoms. The van der Waals surface area contributed by atoms with Gasteiger partial charge in [0, 0.05) is 6.04 Å². The van der Waals surface area contributed by atoms with Crippen LogP contribution in [0.2, 0.25) is 0 Å². The Morgan fingerprint density at radius 2 is 2.18 bits per heavy atom. The van der Waals surface area contributed by atoms with Crippen molar-refractivity contribution in [3.05, 3.63) is 0 Å². The topological polar surface area (TPSA) is 109 Å². The fourth-order valence-electron chi connectivity index (χ4n) is 0.601. The molecule has 1 amide bonds. The summed E-state index contributed by atoms with van der Waals surface area (Å²) in [6.07, 6.45) is -1.26. The number of carbonyl (C=O) groups is 1. The first-order valence-corrected chi connectivity index (χ1v) is 4.53. The zero-order chi connectivity index (χ0) is 9.07. The number of sulfonamides is 1. The Morgan fingerprint density at radius 1 is 1.73 bits per heavy atom. The largest absolute Gasteiger partial charge is 0.465 e. The number of primary sulfonamides is 1. The van der Waals surface area contributed by atoms with E-state index in [1.165, 1.54) is 6.92 Å². The first kappa shape index (κ1) is 10.2. The Balaban J connectivity index is 3.89.